The zero-order valence-corrected chi connectivity index (χ0v) is 10.8. The average molecular weight is 275 g/mol. The van der Waals surface area contributed by atoms with Crippen LogP contribution in [-0.4, -0.2) is 26.2 Å². The summed E-state index contributed by atoms with van der Waals surface area (Å²) in [6.45, 7) is 0.849. The lowest BCUT2D eigenvalue weighted by molar-refractivity contribution is 0.0987. The minimum absolute atomic E-state index is 0.107. The van der Waals surface area contributed by atoms with Crippen LogP contribution in [0, 0.1) is 0 Å². The molecule has 0 aliphatic carbocycles. The van der Waals surface area contributed by atoms with E-state index in [0.717, 1.165) is 5.75 Å². The maximum Gasteiger partial charge on any atom is 0.295 e. The van der Waals surface area contributed by atoms with Crippen molar-refractivity contribution in [3.63, 3.8) is 0 Å². The summed E-state index contributed by atoms with van der Waals surface area (Å²) in [5.41, 5.74) is 0.637. The van der Waals surface area contributed by atoms with Crippen LogP contribution in [0.15, 0.2) is 34.9 Å². The Balaban J connectivity index is 1.77. The van der Waals surface area contributed by atoms with Crippen molar-refractivity contribution in [2.75, 3.05) is 25.6 Å². The molecule has 1 aliphatic heterocycles. The molecule has 0 radical (unpaired) electrons. The maximum atomic E-state index is 12.1. The van der Waals surface area contributed by atoms with Crippen LogP contribution in [0.4, 0.5) is 5.69 Å². The number of carbonyl (C=O) groups excluding carboxylic acids is 1. The Bertz CT molecular complexity index is 617. The van der Waals surface area contributed by atoms with Crippen molar-refractivity contribution < 1.29 is 23.4 Å². The van der Waals surface area contributed by atoms with Gasteiger partial charge in [0.1, 0.15) is 25.2 Å². The summed E-state index contributed by atoms with van der Waals surface area (Å²) in [5.74, 6) is 1.24. The highest BCUT2D eigenvalue weighted by atomic mass is 16.6. The van der Waals surface area contributed by atoms with Crippen LogP contribution < -0.4 is 19.5 Å². The number of nitrogens with one attached hydrogen (secondary N) is 1. The molecule has 2 heterocycles. The Hall–Kier alpha value is -2.63. The summed E-state index contributed by atoms with van der Waals surface area (Å²) in [4.78, 5) is 12.1. The lowest BCUT2D eigenvalue weighted by atomic mass is 10.3. The van der Waals surface area contributed by atoms with Crippen LogP contribution in [0.1, 0.15) is 10.6 Å². The molecule has 2 aromatic rings. The number of hydrogen-bond acceptors (Lipinski definition) is 5. The molecule has 0 bridgehead atoms. The third-order valence-electron chi connectivity index (χ3n) is 2.86. The molecule has 104 valence electrons. The first-order chi connectivity index (χ1) is 9.78. The highest BCUT2D eigenvalue weighted by Crippen LogP contribution is 2.36. The molecular weight excluding hydrogens is 262 g/mol. The maximum absolute atomic E-state index is 12.1. The second kappa shape index (κ2) is 5.16. The predicted molar refractivity (Wildman–Crippen MR) is 70.6 cm³/mol. The standard InChI is InChI=1S/C14H13NO5/c1-17-10-4-2-9(3-5-10)15-14(16)13-12-11(8-20-13)18-6-7-19-12/h2-5,8H,6-7H2,1H3,(H,15,16). The van der Waals surface area contributed by atoms with Gasteiger partial charge < -0.3 is 23.9 Å². The molecule has 0 atom stereocenters. The molecule has 1 amide bonds. The van der Waals surface area contributed by atoms with Crippen molar-refractivity contribution in [2.45, 2.75) is 0 Å². The first-order valence-corrected chi connectivity index (χ1v) is 6.10. The Labute approximate surface area is 115 Å². The number of amides is 1. The third-order valence-corrected chi connectivity index (χ3v) is 2.86. The largest absolute Gasteiger partial charge is 0.497 e. The van der Waals surface area contributed by atoms with Crippen molar-refractivity contribution in [3.8, 4) is 17.2 Å². The highest BCUT2D eigenvalue weighted by Gasteiger charge is 2.25. The van der Waals surface area contributed by atoms with Gasteiger partial charge in [0.15, 0.2) is 0 Å². The van der Waals surface area contributed by atoms with Crippen molar-refractivity contribution in [1.82, 2.24) is 0 Å². The minimum Gasteiger partial charge on any atom is -0.497 e. The van der Waals surface area contributed by atoms with Crippen LogP contribution >= 0.6 is 0 Å². The fourth-order valence-corrected chi connectivity index (χ4v) is 1.88. The summed E-state index contributed by atoms with van der Waals surface area (Å²) in [6, 6.07) is 6.99. The Morgan fingerprint density at radius 3 is 2.70 bits per heavy atom. The van der Waals surface area contributed by atoms with Gasteiger partial charge in [-0.1, -0.05) is 0 Å². The molecule has 0 saturated carbocycles. The molecular formula is C14H13NO5. The van der Waals surface area contributed by atoms with E-state index in [-0.39, 0.29) is 11.7 Å². The fourth-order valence-electron chi connectivity index (χ4n) is 1.88. The number of anilines is 1. The Morgan fingerprint density at radius 1 is 1.20 bits per heavy atom. The SMILES string of the molecule is COc1ccc(NC(=O)c2occ3c2OCCO3)cc1. The molecule has 1 N–H and O–H groups in total. The van der Waals surface area contributed by atoms with Gasteiger partial charge in [-0.15, -0.1) is 0 Å². The van der Waals surface area contributed by atoms with E-state index in [1.807, 2.05) is 0 Å². The van der Waals surface area contributed by atoms with E-state index in [1.165, 1.54) is 6.26 Å². The number of ether oxygens (including phenoxy) is 3. The topological polar surface area (TPSA) is 69.9 Å². The van der Waals surface area contributed by atoms with E-state index in [9.17, 15) is 4.79 Å². The molecule has 1 aromatic carbocycles. The van der Waals surface area contributed by atoms with Gasteiger partial charge in [-0.2, -0.15) is 0 Å². The highest BCUT2D eigenvalue weighted by molar-refractivity contribution is 6.04. The summed E-state index contributed by atoms with van der Waals surface area (Å²) >= 11 is 0. The number of methoxy groups -OCH3 is 1. The molecule has 3 rings (SSSR count). The second-order valence-electron chi connectivity index (χ2n) is 4.14. The van der Waals surface area contributed by atoms with Crippen molar-refractivity contribution in [2.24, 2.45) is 0 Å². The Kier molecular flexibility index (Phi) is 3.20. The summed E-state index contributed by atoms with van der Waals surface area (Å²) < 4.78 is 21.0. The summed E-state index contributed by atoms with van der Waals surface area (Å²) in [6.07, 6.45) is 1.37. The molecule has 20 heavy (non-hydrogen) atoms. The van der Waals surface area contributed by atoms with Crippen LogP contribution in [0.2, 0.25) is 0 Å². The zero-order valence-electron chi connectivity index (χ0n) is 10.8. The first-order valence-electron chi connectivity index (χ1n) is 6.10. The second-order valence-corrected chi connectivity index (χ2v) is 4.14. The van der Waals surface area contributed by atoms with Crippen LogP contribution in [0.25, 0.3) is 0 Å². The molecule has 0 fully saturated rings. The van der Waals surface area contributed by atoms with Crippen molar-refractivity contribution in [1.29, 1.82) is 0 Å². The summed E-state index contributed by atoms with van der Waals surface area (Å²) in [7, 11) is 1.58. The van der Waals surface area contributed by atoms with E-state index < -0.39 is 0 Å². The first kappa shape index (κ1) is 12.4. The number of carbonyl (C=O) groups is 1. The van der Waals surface area contributed by atoms with Crippen LogP contribution in [-0.2, 0) is 0 Å². The van der Waals surface area contributed by atoms with Gasteiger partial charge in [0.2, 0.25) is 17.3 Å². The van der Waals surface area contributed by atoms with Gasteiger partial charge in [0.25, 0.3) is 5.91 Å². The van der Waals surface area contributed by atoms with E-state index in [2.05, 4.69) is 5.32 Å². The number of benzene rings is 1. The molecule has 6 nitrogen and oxygen atoms in total. The monoisotopic (exact) mass is 275 g/mol. The zero-order chi connectivity index (χ0) is 13.9. The Morgan fingerprint density at radius 2 is 1.95 bits per heavy atom. The molecule has 6 heteroatoms. The number of hydrogen-bond donors (Lipinski definition) is 1. The normalized spacial score (nSPS) is 12.8. The van der Waals surface area contributed by atoms with Gasteiger partial charge in [0.05, 0.1) is 7.11 Å². The summed E-state index contributed by atoms with van der Waals surface area (Å²) in [5, 5.41) is 2.72. The lowest BCUT2D eigenvalue weighted by Crippen LogP contribution is -2.18. The number of rotatable bonds is 3. The van der Waals surface area contributed by atoms with Crippen LogP contribution in [0.5, 0.6) is 17.2 Å². The minimum atomic E-state index is -0.387. The van der Waals surface area contributed by atoms with Crippen LogP contribution in [0.3, 0.4) is 0 Å². The van der Waals surface area contributed by atoms with E-state index >= 15 is 0 Å². The lowest BCUT2D eigenvalue weighted by Gasteiger charge is -2.14. The quantitative estimate of drug-likeness (QED) is 0.930. The molecule has 0 spiro atoms. The molecule has 1 aromatic heterocycles. The molecule has 0 unspecified atom stereocenters. The predicted octanol–water partition coefficient (Wildman–Crippen LogP) is 2.31. The van der Waals surface area contributed by atoms with Gasteiger partial charge in [0, 0.05) is 5.69 Å². The smallest absolute Gasteiger partial charge is 0.295 e. The van der Waals surface area contributed by atoms with Crippen molar-refractivity contribution >= 4 is 11.6 Å². The van der Waals surface area contributed by atoms with Gasteiger partial charge in [-0.05, 0) is 24.3 Å². The van der Waals surface area contributed by atoms with E-state index in [1.54, 1.807) is 31.4 Å². The number of fused-ring (bicyclic) bond motifs is 1. The fraction of sp³-hybridized carbons (Fsp3) is 0.214. The van der Waals surface area contributed by atoms with E-state index in [4.69, 9.17) is 18.6 Å². The third kappa shape index (κ3) is 2.27. The van der Waals surface area contributed by atoms with Gasteiger partial charge in [-0.3, -0.25) is 4.79 Å². The molecule has 1 aliphatic rings. The number of furan rings is 1. The van der Waals surface area contributed by atoms with Crippen molar-refractivity contribution in [3.05, 3.63) is 36.3 Å². The average Bonchev–Trinajstić information content (AvgIpc) is 2.92. The van der Waals surface area contributed by atoms with E-state index in [0.29, 0.717) is 30.4 Å². The van der Waals surface area contributed by atoms with Gasteiger partial charge in [-0.25, -0.2) is 0 Å². The van der Waals surface area contributed by atoms with Gasteiger partial charge >= 0.3 is 0 Å². The molecule has 0 saturated heterocycles.